The molecule has 1 amide bonds. The van der Waals surface area contributed by atoms with E-state index in [-0.39, 0.29) is 10.0 Å². The summed E-state index contributed by atoms with van der Waals surface area (Å²) in [6, 6.07) is 15.1. The lowest BCUT2D eigenvalue weighted by atomic mass is 10.1. The van der Waals surface area contributed by atoms with Gasteiger partial charge in [0.25, 0.3) is 10.0 Å². The van der Waals surface area contributed by atoms with Gasteiger partial charge in [-0.3, -0.25) is 14.8 Å². The van der Waals surface area contributed by atoms with Crippen molar-refractivity contribution < 1.29 is 17.6 Å². The van der Waals surface area contributed by atoms with Crippen LogP contribution in [0.15, 0.2) is 70.0 Å². The maximum Gasteiger partial charge on any atom is 0.261 e. The van der Waals surface area contributed by atoms with Gasteiger partial charge in [-0.2, -0.15) is 0 Å². The van der Waals surface area contributed by atoms with Gasteiger partial charge in [0, 0.05) is 11.8 Å². The number of carbonyl (C=O) groups excluding carboxylic acids is 1. The van der Waals surface area contributed by atoms with Gasteiger partial charge in [-0.25, -0.2) is 8.42 Å². The average molecular weight is 470 g/mol. The molecule has 0 saturated carbocycles. The minimum atomic E-state index is -3.74. The van der Waals surface area contributed by atoms with Crippen molar-refractivity contribution in [2.24, 2.45) is 0 Å². The number of nitrogens with one attached hydrogen (secondary N) is 3. The molecule has 0 saturated heterocycles. The van der Waals surface area contributed by atoms with E-state index in [1.165, 1.54) is 24.3 Å². The molecule has 0 radical (unpaired) electrons. The molecule has 32 heavy (non-hydrogen) atoms. The Morgan fingerprint density at radius 3 is 2.34 bits per heavy atom. The first-order valence-electron chi connectivity index (χ1n) is 9.69. The van der Waals surface area contributed by atoms with Gasteiger partial charge in [0.05, 0.1) is 10.6 Å². The quantitative estimate of drug-likeness (QED) is 0.362. The van der Waals surface area contributed by atoms with Crippen molar-refractivity contribution in [2.75, 3.05) is 10.0 Å². The van der Waals surface area contributed by atoms with Crippen LogP contribution in [-0.2, 0) is 14.8 Å². The monoisotopic (exact) mass is 469 g/mol. The smallest absolute Gasteiger partial charge is 0.261 e. The van der Waals surface area contributed by atoms with Crippen molar-refractivity contribution in [1.29, 1.82) is 0 Å². The van der Waals surface area contributed by atoms with E-state index in [9.17, 15) is 13.2 Å². The van der Waals surface area contributed by atoms with Crippen molar-refractivity contribution >= 4 is 50.7 Å². The molecule has 9 heteroatoms. The topological polar surface area (TPSA) is 100 Å². The number of aryl methyl sites for hydroxylation is 3. The molecular formula is C23H23N3O4S2. The maximum atomic E-state index is 12.7. The zero-order valence-corrected chi connectivity index (χ0v) is 19.4. The minimum Gasteiger partial charge on any atom is -0.462 e. The third-order valence-corrected chi connectivity index (χ3v) is 6.03. The molecule has 0 aliphatic carbocycles. The van der Waals surface area contributed by atoms with Crippen molar-refractivity contribution in [1.82, 2.24) is 5.32 Å². The number of anilines is 2. The van der Waals surface area contributed by atoms with Crippen LogP contribution in [0.3, 0.4) is 0 Å². The number of hydrogen-bond acceptors (Lipinski definition) is 5. The molecule has 0 fully saturated rings. The Morgan fingerprint density at radius 2 is 1.72 bits per heavy atom. The molecule has 7 nitrogen and oxygen atoms in total. The average Bonchev–Trinajstić information content (AvgIpc) is 3.14. The maximum absolute atomic E-state index is 12.7. The zero-order valence-electron chi connectivity index (χ0n) is 17.8. The molecule has 0 aliphatic rings. The number of amides is 1. The van der Waals surface area contributed by atoms with Crippen LogP contribution in [0.5, 0.6) is 0 Å². The number of rotatable bonds is 6. The van der Waals surface area contributed by atoms with Gasteiger partial charge in [0.2, 0.25) is 5.91 Å². The Morgan fingerprint density at radius 1 is 1.00 bits per heavy atom. The lowest BCUT2D eigenvalue weighted by Gasteiger charge is -2.12. The van der Waals surface area contributed by atoms with Crippen LogP contribution in [0.2, 0.25) is 0 Å². The van der Waals surface area contributed by atoms with Gasteiger partial charge < -0.3 is 9.73 Å². The van der Waals surface area contributed by atoms with Gasteiger partial charge in [0.15, 0.2) is 5.11 Å². The SMILES string of the molecule is Cc1ccc(NS(=O)(=O)c2ccc(NC(=S)NC(=O)/C=C/c3ccc(C)o3)cc2)c(C)c1. The first-order chi connectivity index (χ1) is 15.1. The molecule has 0 unspecified atom stereocenters. The van der Waals surface area contributed by atoms with E-state index in [2.05, 4.69) is 15.4 Å². The highest BCUT2D eigenvalue weighted by Crippen LogP contribution is 2.21. The zero-order chi connectivity index (χ0) is 23.3. The number of sulfonamides is 1. The van der Waals surface area contributed by atoms with Gasteiger partial charge in [-0.1, -0.05) is 17.7 Å². The lowest BCUT2D eigenvalue weighted by Crippen LogP contribution is -2.32. The predicted octanol–water partition coefficient (Wildman–Crippen LogP) is 4.53. The van der Waals surface area contributed by atoms with Gasteiger partial charge in [-0.15, -0.1) is 0 Å². The number of thiocarbonyl (C=S) groups is 1. The summed E-state index contributed by atoms with van der Waals surface area (Å²) in [6.07, 6.45) is 2.84. The molecule has 0 aliphatic heterocycles. The van der Waals surface area contributed by atoms with Gasteiger partial charge in [0.1, 0.15) is 11.5 Å². The molecule has 3 aromatic rings. The summed E-state index contributed by atoms with van der Waals surface area (Å²) in [6.45, 7) is 5.60. The fourth-order valence-electron chi connectivity index (χ4n) is 2.87. The Labute approximate surface area is 192 Å². The highest BCUT2D eigenvalue weighted by molar-refractivity contribution is 7.92. The van der Waals surface area contributed by atoms with E-state index in [0.717, 1.165) is 16.9 Å². The van der Waals surface area contributed by atoms with E-state index in [0.29, 0.717) is 17.1 Å². The van der Waals surface area contributed by atoms with Crippen LogP contribution in [0.1, 0.15) is 22.6 Å². The van der Waals surface area contributed by atoms with E-state index in [1.54, 1.807) is 30.3 Å². The fourth-order valence-corrected chi connectivity index (χ4v) is 4.22. The van der Waals surface area contributed by atoms with Crippen LogP contribution in [0, 0.1) is 20.8 Å². The fraction of sp³-hybridized carbons (Fsp3) is 0.130. The van der Waals surface area contributed by atoms with E-state index in [1.807, 2.05) is 32.9 Å². The molecule has 3 rings (SSSR count). The largest absolute Gasteiger partial charge is 0.462 e. The third kappa shape index (κ3) is 6.29. The Kier molecular flexibility index (Phi) is 7.12. The first-order valence-corrected chi connectivity index (χ1v) is 11.6. The second kappa shape index (κ2) is 9.80. The molecular weight excluding hydrogens is 446 g/mol. The third-order valence-electron chi connectivity index (χ3n) is 4.45. The molecule has 166 valence electrons. The Hall–Kier alpha value is -3.43. The van der Waals surface area contributed by atoms with Crippen molar-refractivity contribution in [3.8, 4) is 0 Å². The summed E-state index contributed by atoms with van der Waals surface area (Å²) in [5, 5.41) is 5.44. The van der Waals surface area contributed by atoms with Crippen molar-refractivity contribution in [3.05, 3.63) is 83.3 Å². The summed E-state index contributed by atoms with van der Waals surface area (Å²) in [7, 11) is -3.74. The summed E-state index contributed by atoms with van der Waals surface area (Å²) < 4.78 is 33.3. The second-order valence-corrected chi connectivity index (χ2v) is 9.26. The number of carbonyl (C=O) groups is 1. The van der Waals surface area contributed by atoms with Crippen LogP contribution in [-0.4, -0.2) is 19.4 Å². The summed E-state index contributed by atoms with van der Waals surface area (Å²) in [5.74, 6) is 0.882. The van der Waals surface area contributed by atoms with E-state index in [4.69, 9.17) is 16.6 Å². The normalized spacial score (nSPS) is 11.3. The predicted molar refractivity (Wildman–Crippen MR) is 130 cm³/mol. The minimum absolute atomic E-state index is 0.0827. The standard InChI is InChI=1S/C23H23N3O4S2/c1-15-4-12-21(16(2)14-15)26-32(28,29)20-10-6-18(7-11-20)24-23(31)25-22(27)13-9-19-8-5-17(3)30-19/h4-14,26H,1-3H3,(H2,24,25,27,31)/b13-9+. The van der Waals surface area contributed by atoms with Gasteiger partial charge in [-0.05, 0) is 87.1 Å². The lowest BCUT2D eigenvalue weighted by molar-refractivity contribution is -0.115. The molecule has 0 bridgehead atoms. The van der Waals surface area contributed by atoms with Crippen molar-refractivity contribution in [3.63, 3.8) is 0 Å². The molecule has 0 atom stereocenters. The van der Waals surface area contributed by atoms with Crippen LogP contribution in [0.4, 0.5) is 11.4 Å². The first kappa shape index (κ1) is 23.2. The van der Waals surface area contributed by atoms with E-state index >= 15 is 0 Å². The van der Waals surface area contributed by atoms with Gasteiger partial charge >= 0.3 is 0 Å². The summed E-state index contributed by atoms with van der Waals surface area (Å²) in [5.41, 5.74) is 2.95. The van der Waals surface area contributed by atoms with Crippen LogP contribution >= 0.6 is 12.2 Å². The summed E-state index contributed by atoms with van der Waals surface area (Å²) in [4.78, 5) is 12.1. The number of furan rings is 1. The highest BCUT2D eigenvalue weighted by Gasteiger charge is 2.15. The molecule has 2 aromatic carbocycles. The number of benzene rings is 2. The second-order valence-electron chi connectivity index (χ2n) is 7.17. The summed E-state index contributed by atoms with van der Waals surface area (Å²) >= 11 is 5.13. The Bertz CT molecular complexity index is 1280. The molecule has 1 aromatic heterocycles. The van der Waals surface area contributed by atoms with E-state index < -0.39 is 15.9 Å². The Balaban J connectivity index is 1.59. The molecule has 0 spiro atoms. The highest BCUT2D eigenvalue weighted by atomic mass is 32.2. The number of hydrogen-bond donors (Lipinski definition) is 3. The van der Waals surface area contributed by atoms with Crippen molar-refractivity contribution in [2.45, 2.75) is 25.7 Å². The van der Waals surface area contributed by atoms with Crippen LogP contribution < -0.4 is 15.4 Å². The molecule has 3 N–H and O–H groups in total. The van der Waals surface area contributed by atoms with Crippen LogP contribution in [0.25, 0.3) is 6.08 Å². The molecule has 1 heterocycles.